The molecule has 0 amide bonds. The molecule has 0 heterocycles. The second kappa shape index (κ2) is 10.9. The Balaban J connectivity index is 4.17. The van der Waals surface area contributed by atoms with E-state index >= 15 is 0 Å². The minimum absolute atomic E-state index is 0.160. The predicted octanol–water partition coefficient (Wildman–Crippen LogP) is 2.60. The quantitative estimate of drug-likeness (QED) is 0.312. The van der Waals surface area contributed by atoms with Crippen molar-refractivity contribution in [1.29, 1.82) is 0 Å². The van der Waals surface area contributed by atoms with Crippen molar-refractivity contribution in [1.82, 2.24) is 0 Å². The summed E-state index contributed by atoms with van der Waals surface area (Å²) in [6, 6.07) is 0. The first-order chi connectivity index (χ1) is 9.00. The minimum atomic E-state index is -0.934. The lowest BCUT2D eigenvalue weighted by Crippen LogP contribution is -2.44. The third kappa shape index (κ3) is 8.12. The van der Waals surface area contributed by atoms with Crippen molar-refractivity contribution in [3.63, 3.8) is 0 Å². The van der Waals surface area contributed by atoms with Crippen LogP contribution in [0.1, 0.15) is 59.3 Å². The Kier molecular flexibility index (Phi) is 11.0. The molecule has 2 atom stereocenters. The summed E-state index contributed by atoms with van der Waals surface area (Å²) in [6.45, 7) is 6.06. The van der Waals surface area contributed by atoms with E-state index in [1.807, 2.05) is 6.92 Å². The number of thiol groups is 1. The smallest absolute Gasteiger partial charge is 0.139 e. The van der Waals surface area contributed by atoms with Crippen LogP contribution in [0.5, 0.6) is 0 Å². The fourth-order valence-electron chi connectivity index (χ4n) is 1.83. The largest absolute Gasteiger partial charge is 0.515 e. The maximum atomic E-state index is 10.1. The predicted molar refractivity (Wildman–Crippen MR) is 86.0 cm³/mol. The van der Waals surface area contributed by atoms with Crippen LogP contribution in [0.3, 0.4) is 0 Å². The van der Waals surface area contributed by atoms with Gasteiger partial charge < -0.3 is 14.9 Å². The molecule has 0 aliphatic heterocycles. The number of unbranched alkanes of at least 4 members (excludes halogenated alkanes) is 4. The van der Waals surface area contributed by atoms with Gasteiger partial charge >= 0.3 is 0 Å². The molecule has 0 fully saturated rings. The first kappa shape index (κ1) is 19.2. The Morgan fingerprint density at radius 2 is 1.89 bits per heavy atom. The van der Waals surface area contributed by atoms with Gasteiger partial charge in [0, 0.05) is 11.5 Å². The molecule has 0 bridgehead atoms. The number of ether oxygens (including phenoxy) is 1. The van der Waals surface area contributed by atoms with Crippen LogP contribution in [0.2, 0.25) is 0 Å². The average molecular weight is 306 g/mol. The number of hydrogen-bond acceptors (Lipinski definition) is 4. The molecule has 0 saturated heterocycles. The van der Waals surface area contributed by atoms with E-state index in [1.54, 1.807) is 6.92 Å². The lowest BCUT2D eigenvalue weighted by atomic mass is 10.1. The molecule has 0 aliphatic rings. The molecule has 113 valence electrons. The lowest BCUT2D eigenvalue weighted by molar-refractivity contribution is -0.0199. The van der Waals surface area contributed by atoms with Gasteiger partial charge in [-0.25, -0.2) is 0 Å². The van der Waals surface area contributed by atoms with E-state index in [0.29, 0.717) is 6.61 Å². The highest BCUT2D eigenvalue weighted by Gasteiger charge is 2.29. The highest BCUT2D eigenvalue weighted by Crippen LogP contribution is 2.13. The highest BCUT2D eigenvalue weighted by atomic mass is 32.1. The first-order valence-electron chi connectivity index (χ1n) is 7.26. The van der Waals surface area contributed by atoms with Crippen molar-refractivity contribution in [3.8, 4) is 0 Å². The van der Waals surface area contributed by atoms with Crippen molar-refractivity contribution >= 4 is 27.1 Å². The van der Waals surface area contributed by atoms with E-state index in [2.05, 4.69) is 19.6 Å². The minimum Gasteiger partial charge on any atom is -0.515 e. The zero-order valence-corrected chi connectivity index (χ0v) is 14.4. The Labute approximate surface area is 125 Å². The van der Waals surface area contributed by atoms with E-state index in [0.717, 1.165) is 12.8 Å². The molecule has 0 saturated carbocycles. The van der Waals surface area contributed by atoms with Crippen molar-refractivity contribution in [2.75, 3.05) is 13.2 Å². The number of aliphatic hydroxyl groups excluding tert-OH is 2. The van der Waals surface area contributed by atoms with Gasteiger partial charge in [0.25, 0.3) is 0 Å². The van der Waals surface area contributed by atoms with Crippen LogP contribution in [0.25, 0.3) is 0 Å². The van der Waals surface area contributed by atoms with Gasteiger partial charge in [-0.1, -0.05) is 39.0 Å². The average Bonchev–Trinajstić information content (AvgIpc) is 2.38. The summed E-state index contributed by atoms with van der Waals surface area (Å²) >= 11 is 4.53. The van der Waals surface area contributed by atoms with Crippen LogP contribution < -0.4 is 0 Å². The molecule has 0 aromatic heterocycles. The second-order valence-corrected chi connectivity index (χ2v) is 7.60. The molecule has 0 aromatic rings. The molecule has 0 spiro atoms. The van der Waals surface area contributed by atoms with Crippen LogP contribution in [0, 0.1) is 0 Å². The van der Waals surface area contributed by atoms with Gasteiger partial charge in [-0.15, -0.1) is 0 Å². The zero-order valence-electron chi connectivity index (χ0n) is 12.5. The van der Waals surface area contributed by atoms with Crippen LogP contribution in [0.4, 0.5) is 0 Å². The number of hydrogen-bond donors (Lipinski definition) is 3. The summed E-state index contributed by atoms with van der Waals surface area (Å²) in [5.74, 6) is 0. The molecule has 0 rings (SSSR count). The van der Waals surface area contributed by atoms with Gasteiger partial charge in [-0.3, -0.25) is 0 Å². The molecule has 3 nitrogen and oxygen atoms in total. The third-order valence-electron chi connectivity index (χ3n) is 3.15. The van der Waals surface area contributed by atoms with Crippen molar-refractivity contribution in [3.05, 3.63) is 0 Å². The maximum Gasteiger partial charge on any atom is 0.139 e. The van der Waals surface area contributed by atoms with Gasteiger partial charge in [0.2, 0.25) is 0 Å². The van der Waals surface area contributed by atoms with Crippen molar-refractivity contribution < 1.29 is 14.9 Å². The molecule has 0 aromatic carbocycles. The van der Waals surface area contributed by atoms with E-state index in [9.17, 15) is 10.2 Å². The lowest BCUT2D eigenvalue weighted by Gasteiger charge is -2.27. The summed E-state index contributed by atoms with van der Waals surface area (Å²) < 4.78 is 5.43. The van der Waals surface area contributed by atoms with Gasteiger partial charge in [0.05, 0.1) is 21.1 Å². The zero-order chi connectivity index (χ0) is 14.7. The van der Waals surface area contributed by atoms with Crippen LogP contribution >= 0.6 is 12.6 Å². The molecule has 1 radical (unpaired) electrons. The molecular weight excluding hydrogens is 276 g/mol. The third-order valence-corrected chi connectivity index (χ3v) is 5.22. The molecule has 2 unspecified atom stereocenters. The summed E-state index contributed by atoms with van der Waals surface area (Å²) in [5, 5.41) is 19.7. The fourth-order valence-corrected chi connectivity index (χ4v) is 3.50. The Morgan fingerprint density at radius 1 is 1.26 bits per heavy atom. The maximum absolute atomic E-state index is 10.1. The number of rotatable bonds is 11. The van der Waals surface area contributed by atoms with Crippen molar-refractivity contribution in [2.24, 2.45) is 0 Å². The molecule has 0 aliphatic carbocycles. The Hall–Kier alpha value is 0.157. The van der Waals surface area contributed by atoms with Gasteiger partial charge in [-0.05, 0) is 20.3 Å². The van der Waals surface area contributed by atoms with Gasteiger partial charge in [-0.2, -0.15) is 12.6 Å². The summed E-state index contributed by atoms with van der Waals surface area (Å²) in [6.07, 6.45) is 7.22. The van der Waals surface area contributed by atoms with Crippen LogP contribution in [0.15, 0.2) is 0 Å². The monoisotopic (exact) mass is 305 g/mol. The summed E-state index contributed by atoms with van der Waals surface area (Å²) in [5.41, 5.74) is -0.934. The summed E-state index contributed by atoms with van der Waals surface area (Å²) in [4.78, 5) is 0.160. The van der Waals surface area contributed by atoms with E-state index in [-0.39, 0.29) is 26.0 Å². The van der Waals surface area contributed by atoms with Gasteiger partial charge in [0.1, 0.15) is 5.60 Å². The Bertz CT molecular complexity index is 261. The highest BCUT2D eigenvalue weighted by molar-refractivity contribution is 7.82. The van der Waals surface area contributed by atoms with E-state index in [4.69, 9.17) is 4.74 Å². The van der Waals surface area contributed by atoms with Crippen LogP contribution in [-0.2, 0) is 4.74 Å². The second-order valence-electron chi connectivity index (χ2n) is 5.03. The number of aliphatic hydroxyl groups is 2. The normalized spacial score (nSPS) is 17.2. The van der Waals surface area contributed by atoms with Crippen molar-refractivity contribution in [2.45, 2.75) is 69.8 Å². The molecular formula is C14H29O3SSi. The summed E-state index contributed by atoms with van der Waals surface area (Å²) in [7, 11) is 0.211. The standard InChI is InChI=1S/C14H29O3SSi/c1-4-6-7-8-9-10-12(18)19-13(16)14(3,11-15)17-5-2/h12,15-16,18H,4-11H2,1-3H3. The fraction of sp³-hybridized carbons (Fsp3) is 0.929. The van der Waals surface area contributed by atoms with Crippen LogP contribution in [-0.4, -0.2) is 48.4 Å². The topological polar surface area (TPSA) is 49.7 Å². The molecule has 19 heavy (non-hydrogen) atoms. The SMILES string of the molecule is CCCCCCCC(S)[Si]=C(O)C(C)(CO)OCC. The molecule has 5 heteroatoms. The Morgan fingerprint density at radius 3 is 2.42 bits per heavy atom. The van der Waals surface area contributed by atoms with E-state index in [1.165, 1.54) is 25.7 Å². The van der Waals surface area contributed by atoms with E-state index < -0.39 is 5.60 Å². The van der Waals surface area contributed by atoms with Gasteiger partial charge in [0.15, 0.2) is 0 Å². The first-order valence-corrected chi connectivity index (χ1v) is 8.85. The molecule has 2 N–H and O–H groups in total.